The standard InChI is InChI=1S/C8H6F2O4/c9-4-2-1-3(6(11)5(4)10)7(12)8(13)14/h1-2,7,11-12H,(H,13,14). The number of aromatic hydroxyl groups is 1. The number of carboxylic acids is 1. The van der Waals surface area contributed by atoms with E-state index in [9.17, 15) is 13.6 Å². The van der Waals surface area contributed by atoms with E-state index < -0.39 is 35.0 Å². The average Bonchev–Trinajstić information content (AvgIpc) is 2.13. The quantitative estimate of drug-likeness (QED) is 0.665. The summed E-state index contributed by atoms with van der Waals surface area (Å²) in [4.78, 5) is 10.3. The third-order valence-corrected chi connectivity index (χ3v) is 1.63. The molecule has 0 spiro atoms. The molecule has 1 rings (SSSR count). The van der Waals surface area contributed by atoms with Crippen molar-refractivity contribution < 1.29 is 28.9 Å². The van der Waals surface area contributed by atoms with E-state index >= 15 is 0 Å². The minimum Gasteiger partial charge on any atom is -0.504 e. The molecule has 1 atom stereocenters. The molecule has 0 saturated heterocycles. The van der Waals surface area contributed by atoms with E-state index in [2.05, 4.69) is 0 Å². The van der Waals surface area contributed by atoms with Crippen LogP contribution in [0.1, 0.15) is 11.7 Å². The van der Waals surface area contributed by atoms with E-state index in [1.807, 2.05) is 0 Å². The Kier molecular flexibility index (Phi) is 2.66. The number of benzene rings is 1. The first-order chi connectivity index (χ1) is 6.45. The molecule has 0 aliphatic carbocycles. The predicted molar refractivity (Wildman–Crippen MR) is 40.6 cm³/mol. The molecule has 0 radical (unpaired) electrons. The molecule has 0 amide bonds. The van der Waals surface area contributed by atoms with Crippen LogP contribution in [0.25, 0.3) is 0 Å². The van der Waals surface area contributed by atoms with Crippen LogP contribution in [0.5, 0.6) is 5.75 Å². The Hall–Kier alpha value is -1.69. The Balaban J connectivity index is 3.24. The molecule has 6 heteroatoms. The molecule has 0 aromatic heterocycles. The van der Waals surface area contributed by atoms with E-state index in [0.717, 1.165) is 6.07 Å². The molecule has 4 nitrogen and oxygen atoms in total. The Morgan fingerprint density at radius 2 is 1.93 bits per heavy atom. The number of phenols is 1. The first kappa shape index (κ1) is 10.4. The molecule has 0 bridgehead atoms. The van der Waals surface area contributed by atoms with Crippen molar-refractivity contribution in [1.82, 2.24) is 0 Å². The smallest absolute Gasteiger partial charge is 0.337 e. The minimum atomic E-state index is -2.08. The second kappa shape index (κ2) is 3.59. The molecule has 76 valence electrons. The van der Waals surface area contributed by atoms with Gasteiger partial charge in [-0.25, -0.2) is 9.18 Å². The largest absolute Gasteiger partial charge is 0.504 e. The molecular weight excluding hydrogens is 198 g/mol. The van der Waals surface area contributed by atoms with E-state index in [-0.39, 0.29) is 0 Å². The van der Waals surface area contributed by atoms with Crippen molar-refractivity contribution in [2.45, 2.75) is 6.10 Å². The van der Waals surface area contributed by atoms with Crippen LogP contribution in [-0.2, 0) is 4.79 Å². The summed E-state index contributed by atoms with van der Waals surface area (Å²) in [6.07, 6.45) is -2.08. The maximum Gasteiger partial charge on any atom is 0.337 e. The van der Waals surface area contributed by atoms with Crippen LogP contribution >= 0.6 is 0 Å². The highest BCUT2D eigenvalue weighted by molar-refractivity contribution is 5.75. The number of phenolic OH excluding ortho intramolecular Hbond substituents is 1. The second-order valence-electron chi connectivity index (χ2n) is 2.54. The van der Waals surface area contributed by atoms with Crippen LogP contribution in [0.3, 0.4) is 0 Å². The molecule has 14 heavy (non-hydrogen) atoms. The zero-order valence-corrected chi connectivity index (χ0v) is 6.74. The highest BCUT2D eigenvalue weighted by Crippen LogP contribution is 2.28. The zero-order valence-electron chi connectivity index (χ0n) is 6.74. The van der Waals surface area contributed by atoms with Gasteiger partial charge in [0.15, 0.2) is 17.7 Å². The van der Waals surface area contributed by atoms with Gasteiger partial charge in [0, 0.05) is 5.56 Å². The monoisotopic (exact) mass is 204 g/mol. The van der Waals surface area contributed by atoms with Crippen LogP contribution in [0, 0.1) is 11.6 Å². The molecule has 3 N–H and O–H groups in total. The van der Waals surface area contributed by atoms with Crippen molar-refractivity contribution in [1.29, 1.82) is 0 Å². The summed E-state index contributed by atoms with van der Waals surface area (Å²) in [5, 5.41) is 26.2. The summed E-state index contributed by atoms with van der Waals surface area (Å²) in [6.45, 7) is 0. The number of carboxylic acid groups (broad SMARTS) is 1. The molecule has 0 saturated carbocycles. The summed E-state index contributed by atoms with van der Waals surface area (Å²) in [5.41, 5.74) is -0.587. The van der Waals surface area contributed by atoms with Crippen molar-refractivity contribution in [3.63, 3.8) is 0 Å². The zero-order chi connectivity index (χ0) is 10.9. The van der Waals surface area contributed by atoms with Gasteiger partial charge in [-0.2, -0.15) is 4.39 Å². The van der Waals surface area contributed by atoms with Crippen molar-refractivity contribution in [2.75, 3.05) is 0 Å². The third kappa shape index (κ3) is 1.64. The number of hydrogen-bond acceptors (Lipinski definition) is 3. The summed E-state index contributed by atoms with van der Waals surface area (Å²) in [7, 11) is 0. The molecule has 0 fully saturated rings. The summed E-state index contributed by atoms with van der Waals surface area (Å²) in [6, 6.07) is 1.42. The van der Waals surface area contributed by atoms with Crippen LogP contribution in [0.4, 0.5) is 8.78 Å². The van der Waals surface area contributed by atoms with Gasteiger partial charge < -0.3 is 15.3 Å². The van der Waals surface area contributed by atoms with Crippen molar-refractivity contribution in [2.24, 2.45) is 0 Å². The van der Waals surface area contributed by atoms with E-state index in [1.54, 1.807) is 0 Å². The summed E-state index contributed by atoms with van der Waals surface area (Å²) in [5.74, 6) is -5.75. The number of hydrogen-bond donors (Lipinski definition) is 3. The lowest BCUT2D eigenvalue weighted by Crippen LogP contribution is -2.11. The Labute approximate surface area is 77.0 Å². The Morgan fingerprint density at radius 1 is 1.36 bits per heavy atom. The van der Waals surface area contributed by atoms with Gasteiger partial charge in [-0.05, 0) is 12.1 Å². The first-order valence-electron chi connectivity index (χ1n) is 3.53. The number of aliphatic hydroxyl groups excluding tert-OH is 1. The second-order valence-corrected chi connectivity index (χ2v) is 2.54. The van der Waals surface area contributed by atoms with E-state index in [4.69, 9.17) is 15.3 Å². The lowest BCUT2D eigenvalue weighted by atomic mass is 10.1. The molecule has 1 unspecified atom stereocenters. The lowest BCUT2D eigenvalue weighted by Gasteiger charge is -2.08. The minimum absolute atomic E-state index is 0.587. The van der Waals surface area contributed by atoms with Gasteiger partial charge in [0.2, 0.25) is 5.82 Å². The van der Waals surface area contributed by atoms with Crippen molar-refractivity contribution >= 4 is 5.97 Å². The van der Waals surface area contributed by atoms with Gasteiger partial charge in [0.1, 0.15) is 0 Å². The van der Waals surface area contributed by atoms with Crippen LogP contribution < -0.4 is 0 Å². The fourth-order valence-corrected chi connectivity index (χ4v) is 0.909. The van der Waals surface area contributed by atoms with Gasteiger partial charge in [-0.3, -0.25) is 0 Å². The van der Waals surface area contributed by atoms with Gasteiger partial charge in [0.25, 0.3) is 0 Å². The van der Waals surface area contributed by atoms with Gasteiger partial charge in [-0.1, -0.05) is 0 Å². The molecule has 0 aliphatic rings. The fraction of sp³-hybridized carbons (Fsp3) is 0.125. The van der Waals surface area contributed by atoms with E-state index in [1.165, 1.54) is 0 Å². The number of aliphatic hydroxyl groups is 1. The number of rotatable bonds is 2. The maximum absolute atomic E-state index is 12.7. The first-order valence-corrected chi connectivity index (χ1v) is 3.53. The molecule has 1 aromatic rings. The molecule has 0 aliphatic heterocycles. The van der Waals surface area contributed by atoms with Crippen LogP contribution in [0.2, 0.25) is 0 Å². The molecular formula is C8H6F2O4. The van der Waals surface area contributed by atoms with Gasteiger partial charge in [-0.15, -0.1) is 0 Å². The normalized spacial score (nSPS) is 12.5. The number of halogens is 2. The third-order valence-electron chi connectivity index (χ3n) is 1.63. The highest BCUT2D eigenvalue weighted by atomic mass is 19.2. The van der Waals surface area contributed by atoms with Crippen molar-refractivity contribution in [3.05, 3.63) is 29.3 Å². The number of aliphatic carboxylic acids is 1. The maximum atomic E-state index is 12.7. The Morgan fingerprint density at radius 3 is 2.43 bits per heavy atom. The Bertz CT molecular complexity index is 378. The van der Waals surface area contributed by atoms with Gasteiger partial charge >= 0.3 is 5.97 Å². The van der Waals surface area contributed by atoms with Crippen molar-refractivity contribution in [3.8, 4) is 5.75 Å². The molecule has 0 heterocycles. The fourth-order valence-electron chi connectivity index (χ4n) is 0.909. The molecule has 1 aromatic carbocycles. The topological polar surface area (TPSA) is 77.8 Å². The van der Waals surface area contributed by atoms with Crippen LogP contribution in [-0.4, -0.2) is 21.3 Å². The van der Waals surface area contributed by atoms with Crippen LogP contribution in [0.15, 0.2) is 12.1 Å². The summed E-state index contributed by atoms with van der Waals surface area (Å²) >= 11 is 0. The van der Waals surface area contributed by atoms with Gasteiger partial charge in [0.05, 0.1) is 0 Å². The predicted octanol–water partition coefficient (Wildman–Crippen LogP) is 0.788. The number of carbonyl (C=O) groups is 1. The lowest BCUT2D eigenvalue weighted by molar-refractivity contribution is -0.147. The SMILES string of the molecule is O=C(O)C(O)c1ccc(F)c(F)c1O. The van der Waals surface area contributed by atoms with E-state index in [0.29, 0.717) is 6.07 Å². The highest BCUT2D eigenvalue weighted by Gasteiger charge is 2.23. The summed E-state index contributed by atoms with van der Waals surface area (Å²) < 4.78 is 25.1. The average molecular weight is 204 g/mol.